The van der Waals surface area contributed by atoms with Crippen molar-refractivity contribution in [3.8, 4) is 0 Å². The van der Waals surface area contributed by atoms with E-state index >= 15 is 0 Å². The molecule has 2 rings (SSSR count). The summed E-state index contributed by atoms with van der Waals surface area (Å²) in [5.74, 6) is -0.232. The largest absolute Gasteiger partial charge is 0.394 e. The second-order valence-corrected chi connectivity index (χ2v) is 27.8. The van der Waals surface area contributed by atoms with Crippen LogP contribution in [0.3, 0.4) is 0 Å². The molecule has 0 bridgehead atoms. The average Bonchev–Trinajstić information content (AvgIpc) is 0.799. The Balaban J connectivity index is 1.65. The third-order valence-corrected chi connectivity index (χ3v) is 18.9. The highest BCUT2D eigenvalue weighted by Crippen LogP contribution is 2.30. The number of nitrogens with one attached hydrogen (secondary N) is 1. The third kappa shape index (κ3) is 50.4. The van der Waals surface area contributed by atoms with Crippen LogP contribution in [0.2, 0.25) is 0 Å². The number of carbonyl (C=O) groups is 1. The average molecular weight is 1390 g/mol. The van der Waals surface area contributed by atoms with Crippen LogP contribution in [0.1, 0.15) is 316 Å². The van der Waals surface area contributed by atoms with Gasteiger partial charge in [-0.3, -0.25) is 4.79 Å². The molecule has 1 amide bonds. The van der Waals surface area contributed by atoms with E-state index in [1.54, 1.807) is 0 Å². The molecule has 2 fully saturated rings. The number of amides is 1. The second kappa shape index (κ2) is 67.6. The van der Waals surface area contributed by atoms with Crippen LogP contribution in [0.25, 0.3) is 0 Å². The van der Waals surface area contributed by atoms with E-state index in [0.717, 1.165) is 116 Å². The lowest BCUT2D eigenvalue weighted by atomic mass is 9.97. The first-order valence-corrected chi connectivity index (χ1v) is 40.3. The number of carbonyl (C=O) groups excluding carboxylic acids is 1. The number of aliphatic hydroxyl groups excluding tert-OH is 8. The Hall–Kier alpha value is -3.61. The molecule has 12 atom stereocenters. The lowest BCUT2D eigenvalue weighted by molar-refractivity contribution is -0.359. The Morgan fingerprint density at radius 3 is 1.07 bits per heavy atom. The van der Waals surface area contributed by atoms with E-state index in [0.29, 0.717) is 12.8 Å². The molecule has 2 aliphatic rings. The van der Waals surface area contributed by atoms with E-state index in [4.69, 9.17) is 18.9 Å². The number of allylic oxidation sites excluding steroid dienone is 20. The van der Waals surface area contributed by atoms with E-state index < -0.39 is 86.8 Å². The zero-order chi connectivity index (χ0) is 71.5. The van der Waals surface area contributed by atoms with Crippen LogP contribution in [-0.4, -0.2) is 140 Å². The molecule has 0 aromatic carbocycles. The van der Waals surface area contributed by atoms with Crippen LogP contribution in [0.15, 0.2) is 122 Å². The maximum Gasteiger partial charge on any atom is 0.220 e. The Kier molecular flexibility index (Phi) is 62.4. The normalized spacial score (nSPS) is 22.6. The van der Waals surface area contributed by atoms with Crippen molar-refractivity contribution in [1.29, 1.82) is 0 Å². The Bertz CT molecular complexity index is 2130. The molecule has 0 aromatic rings. The molecule has 2 heterocycles. The molecule has 99 heavy (non-hydrogen) atoms. The summed E-state index contributed by atoms with van der Waals surface area (Å²) in [4.78, 5) is 13.4. The van der Waals surface area contributed by atoms with Crippen molar-refractivity contribution in [2.24, 2.45) is 0 Å². The maximum absolute atomic E-state index is 13.4. The van der Waals surface area contributed by atoms with E-state index in [1.165, 1.54) is 167 Å². The molecular weight excluding hydrogens is 1240 g/mol. The van der Waals surface area contributed by atoms with Gasteiger partial charge in [0.15, 0.2) is 12.6 Å². The Morgan fingerprint density at radius 2 is 0.697 bits per heavy atom. The smallest absolute Gasteiger partial charge is 0.220 e. The number of hydrogen-bond donors (Lipinski definition) is 9. The Morgan fingerprint density at radius 1 is 0.374 bits per heavy atom. The first kappa shape index (κ1) is 91.5. The predicted octanol–water partition coefficient (Wildman–Crippen LogP) is 18.4. The summed E-state index contributed by atoms with van der Waals surface area (Å²) in [6.07, 6.45) is 82.3. The number of ether oxygens (including phenoxy) is 4. The topological polar surface area (TPSA) is 228 Å². The van der Waals surface area contributed by atoms with E-state index in [-0.39, 0.29) is 18.9 Å². The fraction of sp³-hybridized carbons (Fsp3) is 0.753. The van der Waals surface area contributed by atoms with Crippen LogP contribution in [0.5, 0.6) is 0 Å². The SMILES string of the molecule is CC/C=C\C/C=C\C/C=C\C/C=C\C/C=C\C/C=C\C/C=C\C/C=C\C/C=C\C/C=C\CCCCCCC(=O)NC(COC1OC(CO)C(OC2OC(CO)C(O)C(O)C2O)C(O)C1O)C(O)CCCCCCCCCCCCCCCCCCCCCCCCCCCCCCCC. The fourth-order valence-corrected chi connectivity index (χ4v) is 12.6. The van der Waals surface area contributed by atoms with Crippen molar-refractivity contribution in [2.45, 2.75) is 389 Å². The molecule has 570 valence electrons. The standard InChI is InChI=1S/C85H147NO13/c1-3-5-7-9-11-13-15-17-19-21-23-25-27-29-31-33-35-36-37-38-39-41-43-45-47-49-51-53-55-57-59-61-63-65-67-69-77(90)86-73(72-96-84-82(95)80(93)83(76(71-88)98-84)99-85-81(94)79(92)78(91)75(70-87)97-85)74(89)68-66-64-62-60-58-56-54-52-50-48-46-44-42-40-34-32-30-28-26-24-22-20-18-16-14-12-10-8-6-4-2/h5,7,11,13,17,19,23,25,29,31,35-36,38-39,43,45,49,51,55,57,73-76,78-85,87-89,91-95H,3-4,6,8-10,12,14-16,18,20-22,24,26-28,30,32-34,37,40-42,44,46-48,50,52-54,56,58-72H2,1-2H3,(H,86,90)/b7-5-,13-11-,19-17-,25-23-,31-29-,36-35-,39-38-,45-43-,51-49-,57-55-. The molecule has 9 N–H and O–H groups in total. The first-order chi connectivity index (χ1) is 48.6. The van der Waals surface area contributed by atoms with Gasteiger partial charge in [0.25, 0.3) is 0 Å². The highest BCUT2D eigenvalue weighted by molar-refractivity contribution is 5.76. The fourth-order valence-electron chi connectivity index (χ4n) is 12.6. The van der Waals surface area contributed by atoms with Crippen molar-refractivity contribution in [3.05, 3.63) is 122 Å². The van der Waals surface area contributed by atoms with Gasteiger partial charge in [-0.25, -0.2) is 0 Å². The van der Waals surface area contributed by atoms with Gasteiger partial charge in [0.2, 0.25) is 5.91 Å². The van der Waals surface area contributed by atoms with Gasteiger partial charge in [-0.15, -0.1) is 0 Å². The molecule has 0 radical (unpaired) electrons. The number of aliphatic hydroxyl groups is 8. The summed E-state index contributed by atoms with van der Waals surface area (Å²) in [6, 6.07) is -0.854. The van der Waals surface area contributed by atoms with Gasteiger partial charge in [-0.1, -0.05) is 341 Å². The minimum Gasteiger partial charge on any atom is -0.394 e. The van der Waals surface area contributed by atoms with Crippen molar-refractivity contribution < 1.29 is 64.6 Å². The molecule has 0 aliphatic carbocycles. The molecule has 2 aliphatic heterocycles. The Labute approximate surface area is 603 Å². The number of unbranched alkanes of at least 4 members (excludes halogenated alkanes) is 33. The quantitative estimate of drug-likeness (QED) is 0.0204. The molecule has 0 spiro atoms. The van der Waals surface area contributed by atoms with Crippen LogP contribution >= 0.6 is 0 Å². The second-order valence-electron chi connectivity index (χ2n) is 27.8. The van der Waals surface area contributed by atoms with Gasteiger partial charge < -0.3 is 65.1 Å². The summed E-state index contributed by atoms with van der Waals surface area (Å²) in [5.41, 5.74) is 0. The minimum absolute atomic E-state index is 0.232. The van der Waals surface area contributed by atoms with Crippen molar-refractivity contribution in [3.63, 3.8) is 0 Å². The molecule has 2 saturated heterocycles. The third-order valence-electron chi connectivity index (χ3n) is 18.9. The molecule has 14 nitrogen and oxygen atoms in total. The summed E-state index contributed by atoms with van der Waals surface area (Å²) >= 11 is 0. The van der Waals surface area contributed by atoms with Crippen molar-refractivity contribution in [1.82, 2.24) is 5.32 Å². The lowest BCUT2D eigenvalue weighted by Gasteiger charge is -2.46. The molecule has 0 saturated carbocycles. The summed E-state index contributed by atoms with van der Waals surface area (Å²) in [7, 11) is 0. The van der Waals surface area contributed by atoms with Crippen LogP contribution in [0, 0.1) is 0 Å². The van der Waals surface area contributed by atoms with Crippen LogP contribution in [-0.2, 0) is 23.7 Å². The summed E-state index contributed by atoms with van der Waals surface area (Å²) in [5, 5.41) is 87.9. The highest BCUT2D eigenvalue weighted by atomic mass is 16.7. The molecule has 0 aromatic heterocycles. The summed E-state index contributed by atoms with van der Waals surface area (Å²) in [6.45, 7) is 2.76. The number of rotatable bonds is 66. The molecular formula is C85H147NO13. The molecule has 14 heteroatoms. The van der Waals surface area contributed by atoms with Gasteiger partial charge in [0.05, 0.1) is 32.0 Å². The van der Waals surface area contributed by atoms with Crippen molar-refractivity contribution >= 4 is 5.91 Å². The highest BCUT2D eigenvalue weighted by Gasteiger charge is 2.51. The minimum atomic E-state index is -1.79. The van der Waals surface area contributed by atoms with Gasteiger partial charge in [0.1, 0.15) is 48.8 Å². The van der Waals surface area contributed by atoms with Crippen LogP contribution in [0.4, 0.5) is 0 Å². The predicted molar refractivity (Wildman–Crippen MR) is 410 cm³/mol. The lowest BCUT2D eigenvalue weighted by Crippen LogP contribution is -2.65. The van der Waals surface area contributed by atoms with Crippen molar-refractivity contribution in [2.75, 3.05) is 19.8 Å². The zero-order valence-corrected chi connectivity index (χ0v) is 62.4. The first-order valence-electron chi connectivity index (χ1n) is 40.3. The molecule has 12 unspecified atom stereocenters. The van der Waals surface area contributed by atoms with Gasteiger partial charge >= 0.3 is 0 Å². The van der Waals surface area contributed by atoms with Gasteiger partial charge in [-0.2, -0.15) is 0 Å². The maximum atomic E-state index is 13.4. The van der Waals surface area contributed by atoms with Gasteiger partial charge in [0, 0.05) is 6.42 Å². The number of hydrogen-bond acceptors (Lipinski definition) is 13. The van der Waals surface area contributed by atoms with E-state index in [9.17, 15) is 45.6 Å². The summed E-state index contributed by atoms with van der Waals surface area (Å²) < 4.78 is 23.0. The zero-order valence-electron chi connectivity index (χ0n) is 62.4. The van der Waals surface area contributed by atoms with Gasteiger partial charge in [-0.05, 0) is 89.9 Å². The van der Waals surface area contributed by atoms with E-state index in [2.05, 4.69) is 141 Å². The van der Waals surface area contributed by atoms with E-state index in [1.807, 2.05) is 0 Å². The monoisotopic (exact) mass is 1390 g/mol. The van der Waals surface area contributed by atoms with Crippen LogP contribution < -0.4 is 5.32 Å².